The van der Waals surface area contributed by atoms with Crippen molar-refractivity contribution in [2.45, 2.75) is 19.4 Å². The highest BCUT2D eigenvalue weighted by Gasteiger charge is 2.25. The van der Waals surface area contributed by atoms with Gasteiger partial charge in [0.1, 0.15) is 0 Å². The predicted molar refractivity (Wildman–Crippen MR) is 103 cm³/mol. The van der Waals surface area contributed by atoms with Crippen molar-refractivity contribution in [3.8, 4) is 0 Å². The first-order valence-corrected chi connectivity index (χ1v) is 10.0. The Labute approximate surface area is 149 Å². The van der Waals surface area contributed by atoms with Crippen LogP contribution in [0.2, 0.25) is 0 Å². The number of piperazine rings is 1. The van der Waals surface area contributed by atoms with Crippen molar-refractivity contribution in [2.24, 2.45) is 0 Å². The van der Waals surface area contributed by atoms with Gasteiger partial charge in [-0.2, -0.15) is 11.8 Å². The van der Waals surface area contributed by atoms with Gasteiger partial charge in [0.2, 0.25) is 0 Å². The Morgan fingerprint density at radius 1 is 1.29 bits per heavy atom. The number of anilines is 2. The highest BCUT2D eigenvalue weighted by atomic mass is 32.2. The van der Waals surface area contributed by atoms with Crippen LogP contribution in [0, 0.1) is 0 Å². The molecule has 1 aromatic rings. The normalized spacial score (nSPS) is 21.8. The van der Waals surface area contributed by atoms with Gasteiger partial charge in [0, 0.05) is 45.0 Å². The van der Waals surface area contributed by atoms with Crippen LogP contribution in [-0.2, 0) is 0 Å². The molecule has 2 heterocycles. The molecule has 6 heteroatoms. The van der Waals surface area contributed by atoms with Crippen LogP contribution < -0.4 is 10.2 Å². The molecule has 0 spiro atoms. The molecule has 2 saturated heterocycles. The molecule has 132 valence electrons. The Hall–Kier alpha value is -1.40. The Balaban J connectivity index is 1.66. The first-order chi connectivity index (χ1) is 11.7. The van der Waals surface area contributed by atoms with E-state index in [0.717, 1.165) is 62.0 Å². The summed E-state index contributed by atoms with van der Waals surface area (Å²) >= 11 is 1.93. The molecule has 0 bridgehead atoms. The Morgan fingerprint density at radius 3 is 2.71 bits per heavy atom. The van der Waals surface area contributed by atoms with Crippen molar-refractivity contribution in [1.82, 2.24) is 9.80 Å². The molecule has 5 nitrogen and oxygen atoms in total. The SMILES string of the molecule is CCN1CCN(c2ccccc2NC(=O)N(C)[C@H]2CCSC2)CC1. The van der Waals surface area contributed by atoms with Crippen LogP contribution >= 0.6 is 11.8 Å². The lowest BCUT2D eigenvalue weighted by Gasteiger charge is -2.36. The third-order valence-corrected chi connectivity index (χ3v) is 6.22. The molecule has 1 atom stereocenters. The van der Waals surface area contributed by atoms with E-state index < -0.39 is 0 Å². The van der Waals surface area contributed by atoms with E-state index in [0.29, 0.717) is 6.04 Å². The van der Waals surface area contributed by atoms with Crippen LogP contribution in [0.25, 0.3) is 0 Å². The van der Waals surface area contributed by atoms with Gasteiger partial charge in [0.05, 0.1) is 11.4 Å². The summed E-state index contributed by atoms with van der Waals surface area (Å²) in [5.41, 5.74) is 2.06. The second-order valence-electron chi connectivity index (χ2n) is 6.50. The van der Waals surface area contributed by atoms with Gasteiger partial charge in [0.25, 0.3) is 0 Å². The summed E-state index contributed by atoms with van der Waals surface area (Å²) in [4.78, 5) is 19.3. The van der Waals surface area contributed by atoms with E-state index >= 15 is 0 Å². The highest BCUT2D eigenvalue weighted by molar-refractivity contribution is 7.99. The quantitative estimate of drug-likeness (QED) is 0.908. The lowest BCUT2D eigenvalue weighted by Crippen LogP contribution is -2.46. The van der Waals surface area contributed by atoms with Crippen molar-refractivity contribution in [3.05, 3.63) is 24.3 Å². The zero-order valence-corrected chi connectivity index (χ0v) is 15.5. The largest absolute Gasteiger partial charge is 0.367 e. The number of carbonyl (C=O) groups excluding carboxylic acids is 1. The van der Waals surface area contributed by atoms with Gasteiger partial charge in [-0.3, -0.25) is 0 Å². The van der Waals surface area contributed by atoms with Gasteiger partial charge >= 0.3 is 6.03 Å². The van der Waals surface area contributed by atoms with Gasteiger partial charge in [-0.05, 0) is 30.9 Å². The third kappa shape index (κ3) is 3.98. The second kappa shape index (κ2) is 8.12. The molecule has 2 aliphatic heterocycles. The molecular weight excluding hydrogens is 320 g/mol. The summed E-state index contributed by atoms with van der Waals surface area (Å²) in [6, 6.07) is 8.53. The lowest BCUT2D eigenvalue weighted by atomic mass is 10.2. The number of likely N-dealkylation sites (N-methyl/N-ethyl adjacent to an activating group) is 1. The zero-order valence-electron chi connectivity index (χ0n) is 14.7. The van der Waals surface area contributed by atoms with E-state index in [1.807, 2.05) is 35.8 Å². The molecule has 0 saturated carbocycles. The molecule has 2 amide bonds. The molecule has 0 unspecified atom stereocenters. The maximum Gasteiger partial charge on any atom is 0.321 e. The average molecular weight is 349 g/mol. The number of hydrogen-bond donors (Lipinski definition) is 1. The Kier molecular flexibility index (Phi) is 5.89. The zero-order chi connectivity index (χ0) is 16.9. The van der Waals surface area contributed by atoms with Crippen LogP contribution in [0.1, 0.15) is 13.3 Å². The standard InChI is InChI=1S/C18H28N4OS/c1-3-21-9-11-22(12-10-21)17-7-5-4-6-16(17)19-18(23)20(2)15-8-13-24-14-15/h4-7,15H,3,8-14H2,1-2H3,(H,19,23)/t15-/m0/s1. The molecule has 3 rings (SSSR count). The van der Waals surface area contributed by atoms with E-state index in [2.05, 4.69) is 34.2 Å². The summed E-state index contributed by atoms with van der Waals surface area (Å²) in [6.07, 6.45) is 1.09. The number of nitrogens with one attached hydrogen (secondary N) is 1. The van der Waals surface area contributed by atoms with E-state index in [9.17, 15) is 4.79 Å². The minimum absolute atomic E-state index is 0.00199. The van der Waals surface area contributed by atoms with Crippen molar-refractivity contribution in [3.63, 3.8) is 0 Å². The van der Waals surface area contributed by atoms with Gasteiger partial charge in [-0.25, -0.2) is 4.79 Å². The minimum Gasteiger partial charge on any atom is -0.367 e. The number of para-hydroxylation sites is 2. The van der Waals surface area contributed by atoms with Crippen molar-refractivity contribution < 1.29 is 4.79 Å². The average Bonchev–Trinajstić information content (AvgIpc) is 3.16. The number of amides is 2. The van der Waals surface area contributed by atoms with Crippen LogP contribution in [0.4, 0.5) is 16.2 Å². The third-order valence-electron chi connectivity index (χ3n) is 5.08. The van der Waals surface area contributed by atoms with E-state index in [1.54, 1.807) is 0 Å². The number of nitrogens with zero attached hydrogens (tertiary/aromatic N) is 3. The number of carbonyl (C=O) groups is 1. The molecule has 1 aromatic carbocycles. The molecular formula is C18H28N4OS. The number of thioether (sulfide) groups is 1. The van der Waals surface area contributed by atoms with Crippen molar-refractivity contribution >= 4 is 29.2 Å². The van der Waals surface area contributed by atoms with E-state index in [-0.39, 0.29) is 6.03 Å². The summed E-state index contributed by atoms with van der Waals surface area (Å²) < 4.78 is 0. The number of urea groups is 1. The smallest absolute Gasteiger partial charge is 0.321 e. The first-order valence-electron chi connectivity index (χ1n) is 8.87. The topological polar surface area (TPSA) is 38.8 Å². The molecule has 2 aliphatic rings. The van der Waals surface area contributed by atoms with Crippen LogP contribution in [0.15, 0.2) is 24.3 Å². The van der Waals surface area contributed by atoms with Crippen LogP contribution in [-0.4, -0.2) is 73.1 Å². The van der Waals surface area contributed by atoms with Gasteiger partial charge < -0.3 is 20.0 Å². The lowest BCUT2D eigenvalue weighted by molar-refractivity contribution is 0.209. The number of benzene rings is 1. The first kappa shape index (κ1) is 17.4. The van der Waals surface area contributed by atoms with E-state index in [4.69, 9.17) is 0 Å². The Morgan fingerprint density at radius 2 is 2.04 bits per heavy atom. The number of rotatable bonds is 4. The summed E-state index contributed by atoms with van der Waals surface area (Å²) in [6.45, 7) is 7.50. The fourth-order valence-corrected chi connectivity index (χ4v) is 4.62. The molecule has 24 heavy (non-hydrogen) atoms. The van der Waals surface area contributed by atoms with E-state index in [1.165, 1.54) is 0 Å². The molecule has 1 N–H and O–H groups in total. The summed E-state index contributed by atoms with van der Waals surface area (Å²) in [5.74, 6) is 2.20. The minimum atomic E-state index is 0.00199. The van der Waals surface area contributed by atoms with Gasteiger partial charge in [-0.1, -0.05) is 19.1 Å². The van der Waals surface area contributed by atoms with Crippen molar-refractivity contribution in [2.75, 3.05) is 61.5 Å². The molecule has 0 aliphatic carbocycles. The second-order valence-corrected chi connectivity index (χ2v) is 7.65. The summed E-state index contributed by atoms with van der Waals surface area (Å²) in [7, 11) is 1.91. The fourth-order valence-electron chi connectivity index (χ4n) is 3.36. The van der Waals surface area contributed by atoms with Crippen LogP contribution in [0.3, 0.4) is 0 Å². The molecule has 0 radical (unpaired) electrons. The number of hydrogen-bond acceptors (Lipinski definition) is 4. The van der Waals surface area contributed by atoms with Crippen LogP contribution in [0.5, 0.6) is 0 Å². The highest BCUT2D eigenvalue weighted by Crippen LogP contribution is 2.28. The molecule has 0 aromatic heterocycles. The van der Waals surface area contributed by atoms with Gasteiger partial charge in [-0.15, -0.1) is 0 Å². The van der Waals surface area contributed by atoms with Gasteiger partial charge in [0.15, 0.2) is 0 Å². The summed E-state index contributed by atoms with van der Waals surface area (Å²) in [5, 5.41) is 3.13. The van der Waals surface area contributed by atoms with Crippen molar-refractivity contribution in [1.29, 1.82) is 0 Å². The molecule has 2 fully saturated rings. The maximum absolute atomic E-state index is 12.6. The monoisotopic (exact) mass is 348 g/mol. The fraction of sp³-hybridized carbons (Fsp3) is 0.611. The Bertz CT molecular complexity index is 554. The maximum atomic E-state index is 12.6. The predicted octanol–water partition coefficient (Wildman–Crippen LogP) is 2.80.